The number of pyridine rings is 4. The van der Waals surface area contributed by atoms with Crippen LogP contribution in [0.1, 0.15) is 89.7 Å². The number of aromatic carboxylic acids is 8. The Bertz CT molecular complexity index is 2040. The Hall–Kier alpha value is -8.74. The van der Waals surface area contributed by atoms with Crippen molar-refractivity contribution in [3.63, 3.8) is 0 Å². The van der Waals surface area contributed by atoms with E-state index in [1.54, 1.807) is 0 Å². The van der Waals surface area contributed by atoms with Gasteiger partial charge in [0.15, 0.2) is 0 Å². The lowest BCUT2D eigenvalue weighted by Crippen LogP contribution is -2.39. The zero-order valence-electron chi connectivity index (χ0n) is 30.4. The minimum Gasteiger partial charge on any atom is -0.481 e. The van der Waals surface area contributed by atoms with E-state index < -0.39 is 71.5 Å². The van der Waals surface area contributed by atoms with E-state index in [-0.39, 0.29) is 56.9 Å². The largest absolute Gasteiger partial charge is 0.481 e. The first-order chi connectivity index (χ1) is 28.6. The van der Waals surface area contributed by atoms with Crippen LogP contribution >= 0.6 is 0 Å². The van der Waals surface area contributed by atoms with Crippen molar-refractivity contribution >= 4 is 59.7 Å². The lowest BCUT2D eigenvalue weighted by atomic mass is 9.88. The maximum absolute atomic E-state index is 10.8. The Morgan fingerprint density at radius 3 is 1.41 bits per heavy atom. The molecule has 0 amide bonds. The Morgan fingerprint density at radius 1 is 0.492 bits per heavy atom. The van der Waals surface area contributed by atoms with Gasteiger partial charge in [0.1, 0.15) is 17.1 Å². The zero-order chi connectivity index (χ0) is 46.1. The normalized spacial score (nSPS) is 16.3. The van der Waals surface area contributed by atoms with E-state index in [0.717, 1.165) is 43.0 Å². The molecule has 1 aliphatic heterocycles. The average Bonchev–Trinajstić information content (AvgIpc) is 3.85. The molecule has 1 saturated carbocycles. The molecule has 1 saturated heterocycles. The van der Waals surface area contributed by atoms with Crippen molar-refractivity contribution < 1.29 is 104 Å². The maximum Gasteiger partial charge on any atom is 0.354 e. The molecule has 6 rings (SSSR count). The lowest BCUT2D eigenvalue weighted by molar-refractivity contribution is -0.162. The molecule has 4 atom stereocenters. The van der Waals surface area contributed by atoms with Crippen LogP contribution in [0.2, 0.25) is 0 Å². The summed E-state index contributed by atoms with van der Waals surface area (Å²) in [6.45, 7) is 0.394. The van der Waals surface area contributed by atoms with E-state index in [4.69, 9.17) is 55.8 Å². The third-order valence-electron chi connectivity index (χ3n) is 7.85. The topological polar surface area (TPSA) is 434 Å². The number of nitrogens with zero attached hydrogens (tertiary/aromatic N) is 4. The molecule has 0 spiro atoms. The number of carboxylic acids is 10. The summed E-state index contributed by atoms with van der Waals surface area (Å²) in [5.41, 5.74) is -1.70. The van der Waals surface area contributed by atoms with E-state index in [0.29, 0.717) is 13.0 Å². The lowest BCUT2D eigenvalue weighted by Gasteiger charge is -2.24. The van der Waals surface area contributed by atoms with Crippen molar-refractivity contribution in [2.45, 2.75) is 12.5 Å². The van der Waals surface area contributed by atoms with Crippen LogP contribution in [0.4, 0.5) is 0 Å². The van der Waals surface area contributed by atoms with Crippen molar-refractivity contribution in [2.75, 3.05) is 6.61 Å². The van der Waals surface area contributed by atoms with E-state index in [2.05, 4.69) is 19.9 Å². The SMILES string of the molecule is O=C(O)C1C2COC(C2)C1C(=O)O.O=C(O)c1cccc(C(=O)O)n1.O=C(O)c1ccnc(C(=O)O)c1.O=C(O)c1ccncc1C(=O)O.O=C(O)c1cncc(C(=O)O)c1. The van der Waals surface area contributed by atoms with Crippen molar-refractivity contribution in [3.8, 4) is 0 Å². The minimum absolute atomic E-state index is 0.0811. The standard InChI is InChI=1S/C8H10O5.4C7H5NO4/c9-7(10)5-3-1-4(13-2-3)6(5)8(11)12;9-6(10)4-1-5(7(11)12)3-8-2-4;9-6(10)4-1-2-8-3-5(4)7(11)12;9-6(10)4-1-2-8-5(3-4)7(11)12;9-6(10)4-2-1-3-5(8-4)7(11)12/h3-6H,1-2H2,(H,9,10)(H,11,12);4*1-3H,(H,9,10)(H,11,12). The van der Waals surface area contributed by atoms with Gasteiger partial charge in [0.05, 0.1) is 52.4 Å². The molecule has 0 radical (unpaired) electrons. The van der Waals surface area contributed by atoms with Crippen LogP contribution in [-0.2, 0) is 14.3 Å². The highest BCUT2D eigenvalue weighted by molar-refractivity contribution is 6.01. The van der Waals surface area contributed by atoms with E-state index >= 15 is 0 Å². The van der Waals surface area contributed by atoms with Gasteiger partial charge in [-0.15, -0.1) is 0 Å². The second kappa shape index (κ2) is 22.3. The van der Waals surface area contributed by atoms with Crippen molar-refractivity contribution in [1.29, 1.82) is 0 Å². The number of aliphatic carboxylic acids is 2. The third kappa shape index (κ3) is 14.3. The molecule has 25 heteroatoms. The molecule has 61 heavy (non-hydrogen) atoms. The summed E-state index contributed by atoms with van der Waals surface area (Å²) in [5.74, 6) is -13.6. The molecule has 0 aromatic carbocycles. The summed E-state index contributed by atoms with van der Waals surface area (Å²) in [4.78, 5) is 118. The van der Waals surface area contributed by atoms with Crippen molar-refractivity contribution in [3.05, 3.63) is 118 Å². The predicted octanol–water partition coefficient (Wildman–Crippen LogP) is 1.72. The van der Waals surface area contributed by atoms with Crippen molar-refractivity contribution in [1.82, 2.24) is 19.9 Å². The Morgan fingerprint density at radius 2 is 1.00 bits per heavy atom. The molecule has 2 fully saturated rings. The summed E-state index contributed by atoms with van der Waals surface area (Å²) < 4.78 is 5.16. The molecule has 2 aliphatic rings. The number of rotatable bonds is 10. The molecule has 25 nitrogen and oxygen atoms in total. The van der Waals surface area contributed by atoms with Gasteiger partial charge in [-0.2, -0.15) is 0 Å². The number of hydrogen-bond donors (Lipinski definition) is 10. The fraction of sp³-hybridized carbons (Fsp3) is 0.167. The Balaban J connectivity index is 0.000000263. The van der Waals surface area contributed by atoms with Crippen LogP contribution in [0.3, 0.4) is 0 Å². The van der Waals surface area contributed by atoms with Gasteiger partial charge in [0.2, 0.25) is 0 Å². The second-order valence-corrected chi connectivity index (χ2v) is 11.8. The monoisotopic (exact) mass is 854 g/mol. The summed E-state index contributed by atoms with van der Waals surface area (Å²) >= 11 is 0. The van der Waals surface area contributed by atoms with Crippen LogP contribution in [0.5, 0.6) is 0 Å². The first-order valence-electron chi connectivity index (χ1n) is 16.3. The molecular weight excluding hydrogens is 824 g/mol. The van der Waals surface area contributed by atoms with Gasteiger partial charge in [-0.3, -0.25) is 19.6 Å². The van der Waals surface area contributed by atoms with Gasteiger partial charge in [-0.05, 0) is 48.7 Å². The van der Waals surface area contributed by atoms with Crippen LogP contribution < -0.4 is 0 Å². The quantitative estimate of drug-likeness (QED) is 0.108. The van der Waals surface area contributed by atoms with Gasteiger partial charge >= 0.3 is 59.7 Å². The highest BCUT2D eigenvalue weighted by Gasteiger charge is 2.55. The fourth-order valence-electron chi connectivity index (χ4n) is 5.15. The van der Waals surface area contributed by atoms with Gasteiger partial charge in [0.25, 0.3) is 0 Å². The number of fused-ring (bicyclic) bond motifs is 2. The summed E-state index contributed by atoms with van der Waals surface area (Å²) in [6, 6.07) is 8.23. The second-order valence-electron chi connectivity index (χ2n) is 11.8. The molecule has 10 N–H and O–H groups in total. The first kappa shape index (κ1) is 48.4. The number of ether oxygens (including phenoxy) is 1. The minimum atomic E-state index is -1.29. The van der Waals surface area contributed by atoms with Gasteiger partial charge in [-0.1, -0.05) is 6.07 Å². The summed E-state index contributed by atoms with van der Waals surface area (Å²) in [7, 11) is 0. The Labute approximate surface area is 338 Å². The molecule has 5 heterocycles. The molecule has 2 bridgehead atoms. The van der Waals surface area contributed by atoms with Crippen molar-refractivity contribution in [2.24, 2.45) is 17.8 Å². The van der Waals surface area contributed by atoms with Crippen LogP contribution in [-0.4, -0.2) is 143 Å². The molecule has 320 valence electrons. The molecule has 4 aromatic rings. The smallest absolute Gasteiger partial charge is 0.354 e. The Kier molecular flexibility index (Phi) is 17.7. The van der Waals surface area contributed by atoms with Crippen LogP contribution in [0.25, 0.3) is 0 Å². The van der Waals surface area contributed by atoms with Gasteiger partial charge < -0.3 is 55.8 Å². The highest BCUT2D eigenvalue weighted by atomic mass is 16.5. The summed E-state index contributed by atoms with van der Waals surface area (Å²) in [6.07, 6.45) is 5.76. The maximum atomic E-state index is 10.8. The fourth-order valence-corrected chi connectivity index (χ4v) is 5.15. The van der Waals surface area contributed by atoms with Gasteiger partial charge in [-0.25, -0.2) is 48.3 Å². The van der Waals surface area contributed by atoms with Gasteiger partial charge in [0, 0.05) is 31.0 Å². The van der Waals surface area contributed by atoms with Crippen LogP contribution in [0, 0.1) is 17.8 Å². The summed E-state index contributed by atoms with van der Waals surface area (Å²) in [5, 5.41) is 85.4. The third-order valence-corrected chi connectivity index (χ3v) is 7.85. The first-order valence-corrected chi connectivity index (χ1v) is 16.3. The van der Waals surface area contributed by atoms with E-state index in [1.807, 2.05) is 0 Å². The molecule has 1 aliphatic carbocycles. The molecule has 4 aromatic heterocycles. The van der Waals surface area contributed by atoms with Crippen LogP contribution in [0.15, 0.2) is 73.4 Å². The highest BCUT2D eigenvalue weighted by Crippen LogP contribution is 2.44. The predicted molar refractivity (Wildman–Crippen MR) is 193 cm³/mol. The van der Waals surface area contributed by atoms with E-state index in [1.165, 1.54) is 30.5 Å². The molecular formula is C36H30N4O21. The average molecular weight is 855 g/mol. The number of hydrogen-bond acceptors (Lipinski definition) is 15. The number of carboxylic acid groups (broad SMARTS) is 10. The molecule has 4 unspecified atom stereocenters. The number of carbonyl (C=O) groups is 10. The van der Waals surface area contributed by atoms with E-state index in [9.17, 15) is 47.9 Å². The number of aromatic nitrogens is 4. The zero-order valence-corrected chi connectivity index (χ0v) is 30.4.